The first-order chi connectivity index (χ1) is 8.70. The number of anilines is 1. The third kappa shape index (κ3) is 4.01. The fraction of sp³-hybridized carbons (Fsp3) is 0.462. The Bertz CT molecular complexity index is 445. The van der Waals surface area contributed by atoms with Gasteiger partial charge in [0, 0.05) is 5.92 Å². The lowest BCUT2D eigenvalue weighted by molar-refractivity contribution is -0.105. The number of aromatic nitrogens is 1. The first-order valence-corrected chi connectivity index (χ1v) is 6.10. The van der Waals surface area contributed by atoms with E-state index in [1.165, 1.54) is 0 Å². The standard InChI is InChI=1S/C13H17N3O2.ClH/c1-16-7-5-10(6-8-16)13(18)11-3-2-4-12(15-11)14-9-17;/h2-4,9-10H,5-8H2,1H3,(H,14,15,17);1H. The van der Waals surface area contributed by atoms with Gasteiger partial charge in [0.25, 0.3) is 0 Å². The lowest BCUT2D eigenvalue weighted by Gasteiger charge is -2.27. The van der Waals surface area contributed by atoms with Gasteiger partial charge in [-0.2, -0.15) is 0 Å². The predicted octanol–water partition coefficient (Wildman–Crippen LogP) is 1.60. The molecule has 0 unspecified atom stereocenters. The maximum absolute atomic E-state index is 12.3. The van der Waals surface area contributed by atoms with Gasteiger partial charge in [0.15, 0.2) is 5.78 Å². The highest BCUT2D eigenvalue weighted by Gasteiger charge is 2.25. The molecule has 2 heterocycles. The van der Waals surface area contributed by atoms with E-state index in [0.29, 0.717) is 17.9 Å². The number of piperidine rings is 1. The minimum atomic E-state index is 0. The zero-order valence-corrected chi connectivity index (χ0v) is 11.7. The summed E-state index contributed by atoms with van der Waals surface area (Å²) in [7, 11) is 2.06. The summed E-state index contributed by atoms with van der Waals surface area (Å²) in [5.74, 6) is 0.557. The molecule has 1 N–H and O–H groups in total. The van der Waals surface area contributed by atoms with E-state index in [9.17, 15) is 9.59 Å². The van der Waals surface area contributed by atoms with Crippen molar-refractivity contribution in [3.63, 3.8) is 0 Å². The lowest BCUT2D eigenvalue weighted by atomic mass is 9.91. The third-order valence-corrected chi connectivity index (χ3v) is 3.30. The number of hydrogen-bond donors (Lipinski definition) is 1. The van der Waals surface area contributed by atoms with Crippen molar-refractivity contribution in [3.05, 3.63) is 23.9 Å². The van der Waals surface area contributed by atoms with E-state index in [4.69, 9.17) is 0 Å². The summed E-state index contributed by atoms with van der Waals surface area (Å²) in [6, 6.07) is 5.11. The molecular formula is C13H18ClN3O2. The number of hydrogen-bond acceptors (Lipinski definition) is 4. The molecule has 1 aromatic rings. The summed E-state index contributed by atoms with van der Waals surface area (Å²) in [6.45, 7) is 1.89. The fourth-order valence-corrected chi connectivity index (χ4v) is 2.19. The number of ketones is 1. The van der Waals surface area contributed by atoms with Crippen LogP contribution in [0.25, 0.3) is 0 Å². The molecule has 0 aliphatic carbocycles. The van der Waals surface area contributed by atoms with Gasteiger partial charge in [0.05, 0.1) is 0 Å². The third-order valence-electron chi connectivity index (χ3n) is 3.30. The van der Waals surface area contributed by atoms with Gasteiger partial charge in [0.2, 0.25) is 6.41 Å². The van der Waals surface area contributed by atoms with Crippen molar-refractivity contribution in [2.24, 2.45) is 5.92 Å². The normalized spacial score (nSPS) is 16.5. The minimum Gasteiger partial charge on any atom is -0.313 e. The molecule has 104 valence electrons. The smallest absolute Gasteiger partial charge is 0.212 e. The van der Waals surface area contributed by atoms with Crippen molar-refractivity contribution >= 4 is 30.4 Å². The Morgan fingerprint density at radius 2 is 2.11 bits per heavy atom. The Morgan fingerprint density at radius 3 is 2.74 bits per heavy atom. The van der Waals surface area contributed by atoms with Crippen molar-refractivity contribution in [3.8, 4) is 0 Å². The highest BCUT2D eigenvalue weighted by Crippen LogP contribution is 2.20. The molecule has 6 heteroatoms. The zero-order valence-electron chi connectivity index (χ0n) is 10.8. The fourth-order valence-electron chi connectivity index (χ4n) is 2.19. The second kappa shape index (κ2) is 7.21. The molecule has 0 bridgehead atoms. The first-order valence-electron chi connectivity index (χ1n) is 6.10. The van der Waals surface area contributed by atoms with Gasteiger partial charge in [-0.3, -0.25) is 9.59 Å². The number of carbonyl (C=O) groups excluding carboxylic acids is 2. The number of halogens is 1. The van der Waals surface area contributed by atoms with E-state index < -0.39 is 0 Å². The second-order valence-electron chi connectivity index (χ2n) is 4.61. The summed E-state index contributed by atoms with van der Waals surface area (Å²) in [5, 5.41) is 2.46. The minimum absolute atomic E-state index is 0. The van der Waals surface area contributed by atoms with Crippen molar-refractivity contribution in [2.75, 3.05) is 25.5 Å². The summed E-state index contributed by atoms with van der Waals surface area (Å²) < 4.78 is 0. The Hall–Kier alpha value is -1.46. The Morgan fingerprint density at radius 1 is 1.42 bits per heavy atom. The van der Waals surface area contributed by atoms with Crippen LogP contribution in [0.4, 0.5) is 5.82 Å². The summed E-state index contributed by atoms with van der Waals surface area (Å²) in [4.78, 5) is 29.0. The highest BCUT2D eigenvalue weighted by molar-refractivity contribution is 5.96. The van der Waals surface area contributed by atoms with Gasteiger partial charge in [-0.15, -0.1) is 12.4 Å². The van der Waals surface area contributed by atoms with E-state index in [2.05, 4.69) is 22.2 Å². The van der Waals surface area contributed by atoms with Gasteiger partial charge in [-0.05, 0) is 45.1 Å². The second-order valence-corrected chi connectivity index (χ2v) is 4.61. The first kappa shape index (κ1) is 15.6. The number of pyridine rings is 1. The molecule has 1 fully saturated rings. The van der Waals surface area contributed by atoms with Crippen LogP contribution in [0.3, 0.4) is 0 Å². The molecule has 0 radical (unpaired) electrons. The number of likely N-dealkylation sites (tertiary alicyclic amines) is 1. The largest absolute Gasteiger partial charge is 0.313 e. The number of Topliss-reactive ketones (excluding diaryl/α,β-unsaturated/α-hetero) is 1. The van der Waals surface area contributed by atoms with Crippen LogP contribution < -0.4 is 5.32 Å². The van der Waals surface area contributed by atoms with Gasteiger partial charge in [-0.1, -0.05) is 6.07 Å². The molecule has 1 amide bonds. The molecule has 0 spiro atoms. The van der Waals surface area contributed by atoms with Crippen LogP contribution in [0.15, 0.2) is 18.2 Å². The van der Waals surface area contributed by atoms with Gasteiger partial charge in [-0.25, -0.2) is 4.98 Å². The molecule has 0 aromatic carbocycles. The molecule has 2 rings (SSSR count). The number of carbonyl (C=O) groups is 2. The summed E-state index contributed by atoms with van der Waals surface area (Å²) in [5.41, 5.74) is 0.441. The predicted molar refractivity (Wildman–Crippen MR) is 75.7 cm³/mol. The van der Waals surface area contributed by atoms with E-state index in [-0.39, 0.29) is 24.1 Å². The van der Waals surface area contributed by atoms with E-state index in [0.717, 1.165) is 25.9 Å². The van der Waals surface area contributed by atoms with Crippen LogP contribution in [0.1, 0.15) is 23.3 Å². The molecule has 1 aromatic heterocycles. The van der Waals surface area contributed by atoms with Crippen LogP contribution in [0.5, 0.6) is 0 Å². The Labute approximate surface area is 118 Å². The Kier molecular flexibility index (Phi) is 5.92. The van der Waals surface area contributed by atoms with Gasteiger partial charge in [0.1, 0.15) is 11.5 Å². The maximum Gasteiger partial charge on any atom is 0.212 e. The topological polar surface area (TPSA) is 62.3 Å². The Balaban J connectivity index is 0.00000180. The molecule has 0 saturated carbocycles. The quantitative estimate of drug-likeness (QED) is 0.673. The summed E-state index contributed by atoms with van der Waals surface area (Å²) in [6.07, 6.45) is 2.32. The van der Waals surface area contributed by atoms with E-state index >= 15 is 0 Å². The number of nitrogens with zero attached hydrogens (tertiary/aromatic N) is 2. The van der Waals surface area contributed by atoms with Crippen molar-refractivity contribution in [1.29, 1.82) is 0 Å². The van der Waals surface area contributed by atoms with E-state index in [1.807, 2.05) is 0 Å². The lowest BCUT2D eigenvalue weighted by Crippen LogP contribution is -2.33. The zero-order chi connectivity index (χ0) is 13.0. The van der Waals surface area contributed by atoms with Crippen LogP contribution in [-0.2, 0) is 4.79 Å². The van der Waals surface area contributed by atoms with Crippen molar-refractivity contribution in [1.82, 2.24) is 9.88 Å². The van der Waals surface area contributed by atoms with Crippen LogP contribution >= 0.6 is 12.4 Å². The van der Waals surface area contributed by atoms with Gasteiger partial charge >= 0.3 is 0 Å². The molecule has 1 saturated heterocycles. The average Bonchev–Trinajstić information content (AvgIpc) is 2.39. The van der Waals surface area contributed by atoms with Crippen LogP contribution in [0, 0.1) is 5.92 Å². The molecular weight excluding hydrogens is 266 g/mol. The molecule has 1 aliphatic heterocycles. The van der Waals surface area contributed by atoms with Gasteiger partial charge < -0.3 is 10.2 Å². The molecule has 1 aliphatic rings. The monoisotopic (exact) mass is 283 g/mol. The average molecular weight is 284 g/mol. The molecule has 5 nitrogen and oxygen atoms in total. The van der Waals surface area contributed by atoms with Crippen molar-refractivity contribution in [2.45, 2.75) is 12.8 Å². The summed E-state index contributed by atoms with van der Waals surface area (Å²) >= 11 is 0. The molecule has 0 atom stereocenters. The number of rotatable bonds is 4. The number of nitrogens with one attached hydrogen (secondary N) is 1. The highest BCUT2D eigenvalue weighted by atomic mass is 35.5. The SMILES string of the molecule is CN1CCC(C(=O)c2cccc(NC=O)n2)CC1.Cl. The van der Waals surface area contributed by atoms with E-state index in [1.54, 1.807) is 18.2 Å². The maximum atomic E-state index is 12.3. The van der Waals surface area contributed by atoms with Crippen molar-refractivity contribution < 1.29 is 9.59 Å². The molecule has 19 heavy (non-hydrogen) atoms. The number of amides is 1. The van der Waals surface area contributed by atoms with Crippen LogP contribution in [-0.4, -0.2) is 42.2 Å². The van der Waals surface area contributed by atoms with Crippen LogP contribution in [0.2, 0.25) is 0 Å².